The summed E-state index contributed by atoms with van der Waals surface area (Å²) in [5.74, 6) is 1.58. The molecular formula is C11H20. The van der Waals surface area contributed by atoms with E-state index in [0.717, 1.165) is 11.8 Å². The van der Waals surface area contributed by atoms with Crippen LogP contribution in [0.15, 0.2) is 12.7 Å². The maximum absolute atomic E-state index is 3.93. The van der Waals surface area contributed by atoms with E-state index in [4.69, 9.17) is 0 Å². The van der Waals surface area contributed by atoms with E-state index in [1.807, 2.05) is 0 Å². The first-order chi connectivity index (χ1) is 5.08. The highest BCUT2D eigenvalue weighted by Gasteiger charge is 2.34. The molecule has 0 aromatic carbocycles. The number of rotatable bonds is 1. The highest BCUT2D eigenvalue weighted by atomic mass is 14.4. The van der Waals surface area contributed by atoms with Gasteiger partial charge in [-0.15, -0.1) is 6.58 Å². The molecule has 0 heterocycles. The molecule has 0 aromatic rings. The molecule has 0 aromatic heterocycles. The summed E-state index contributed by atoms with van der Waals surface area (Å²) in [6.45, 7) is 11.0. The molecular weight excluding hydrogens is 132 g/mol. The van der Waals surface area contributed by atoms with Crippen molar-refractivity contribution in [2.24, 2.45) is 17.3 Å². The van der Waals surface area contributed by atoms with Crippen molar-refractivity contribution in [3.63, 3.8) is 0 Å². The van der Waals surface area contributed by atoms with Crippen molar-refractivity contribution in [2.75, 3.05) is 0 Å². The van der Waals surface area contributed by atoms with Gasteiger partial charge in [-0.3, -0.25) is 0 Å². The predicted octanol–water partition coefficient (Wildman–Crippen LogP) is 3.63. The Morgan fingerprint density at radius 1 is 1.45 bits per heavy atom. The van der Waals surface area contributed by atoms with Crippen LogP contribution in [0.3, 0.4) is 0 Å². The summed E-state index contributed by atoms with van der Waals surface area (Å²) in [6.07, 6.45) is 6.32. The van der Waals surface area contributed by atoms with Gasteiger partial charge in [-0.25, -0.2) is 0 Å². The third-order valence-electron chi connectivity index (χ3n) is 3.25. The molecule has 0 spiro atoms. The van der Waals surface area contributed by atoms with Crippen molar-refractivity contribution >= 4 is 0 Å². The average molecular weight is 152 g/mol. The summed E-state index contributed by atoms with van der Waals surface area (Å²) in [7, 11) is 0. The Morgan fingerprint density at radius 2 is 2.09 bits per heavy atom. The third kappa shape index (κ3) is 1.66. The highest BCUT2D eigenvalue weighted by molar-refractivity contribution is 4.95. The molecule has 64 valence electrons. The van der Waals surface area contributed by atoms with Crippen LogP contribution in [0, 0.1) is 17.3 Å². The van der Waals surface area contributed by atoms with Crippen LogP contribution in [0.4, 0.5) is 0 Å². The molecule has 0 N–H and O–H groups in total. The Labute approximate surface area is 70.7 Å². The summed E-state index contributed by atoms with van der Waals surface area (Å²) in [4.78, 5) is 0. The molecule has 1 aliphatic rings. The van der Waals surface area contributed by atoms with Gasteiger partial charge >= 0.3 is 0 Å². The summed E-state index contributed by atoms with van der Waals surface area (Å²) in [6, 6.07) is 0. The van der Waals surface area contributed by atoms with Crippen LogP contribution in [0.25, 0.3) is 0 Å². The van der Waals surface area contributed by atoms with E-state index in [2.05, 4.69) is 33.4 Å². The molecule has 0 radical (unpaired) electrons. The zero-order valence-electron chi connectivity index (χ0n) is 8.06. The van der Waals surface area contributed by atoms with E-state index >= 15 is 0 Å². The van der Waals surface area contributed by atoms with Crippen LogP contribution in [-0.2, 0) is 0 Å². The zero-order chi connectivity index (χ0) is 8.48. The quantitative estimate of drug-likeness (QED) is 0.503. The number of hydrogen-bond donors (Lipinski definition) is 0. The minimum absolute atomic E-state index is 0.499. The van der Waals surface area contributed by atoms with Crippen LogP contribution >= 0.6 is 0 Å². The van der Waals surface area contributed by atoms with Gasteiger partial charge in [-0.05, 0) is 23.7 Å². The van der Waals surface area contributed by atoms with Gasteiger partial charge < -0.3 is 0 Å². The molecule has 1 rings (SSSR count). The second-order valence-corrected chi connectivity index (χ2v) is 4.62. The molecule has 11 heavy (non-hydrogen) atoms. The Balaban J connectivity index is 2.72. The monoisotopic (exact) mass is 152 g/mol. The average Bonchev–Trinajstić information content (AvgIpc) is 1.86. The first-order valence-electron chi connectivity index (χ1n) is 4.70. The van der Waals surface area contributed by atoms with Crippen molar-refractivity contribution in [1.82, 2.24) is 0 Å². The topological polar surface area (TPSA) is 0 Å². The largest absolute Gasteiger partial charge is 0.103 e. The predicted molar refractivity (Wildman–Crippen MR) is 50.5 cm³/mol. The molecule has 1 saturated carbocycles. The fourth-order valence-corrected chi connectivity index (χ4v) is 2.55. The summed E-state index contributed by atoms with van der Waals surface area (Å²) < 4.78 is 0. The lowest BCUT2D eigenvalue weighted by molar-refractivity contribution is 0.123. The molecule has 0 aliphatic heterocycles. The van der Waals surface area contributed by atoms with Crippen molar-refractivity contribution in [2.45, 2.75) is 40.0 Å². The van der Waals surface area contributed by atoms with Crippen molar-refractivity contribution in [3.8, 4) is 0 Å². The summed E-state index contributed by atoms with van der Waals surface area (Å²) in [5, 5.41) is 0. The van der Waals surface area contributed by atoms with Crippen LogP contribution in [0.5, 0.6) is 0 Å². The summed E-state index contributed by atoms with van der Waals surface area (Å²) in [5.41, 5.74) is 0.499. The Hall–Kier alpha value is -0.260. The lowest BCUT2D eigenvalue weighted by Gasteiger charge is -2.41. The first-order valence-corrected chi connectivity index (χ1v) is 4.70. The lowest BCUT2D eigenvalue weighted by Crippen LogP contribution is -2.31. The van der Waals surface area contributed by atoms with Gasteiger partial charge in [0.25, 0.3) is 0 Å². The van der Waals surface area contributed by atoms with Gasteiger partial charge in [0, 0.05) is 0 Å². The smallest absolute Gasteiger partial charge is 0.0159 e. The molecule has 0 heteroatoms. The molecule has 2 atom stereocenters. The number of hydrogen-bond acceptors (Lipinski definition) is 0. The molecule has 0 bridgehead atoms. The van der Waals surface area contributed by atoms with E-state index in [-0.39, 0.29) is 0 Å². The van der Waals surface area contributed by atoms with Gasteiger partial charge in [-0.1, -0.05) is 39.7 Å². The van der Waals surface area contributed by atoms with E-state index in [9.17, 15) is 0 Å². The Bertz CT molecular complexity index is 144. The maximum Gasteiger partial charge on any atom is -0.0159 e. The maximum atomic E-state index is 3.93. The standard InChI is InChI=1S/C11H20/c1-5-10-9(2)7-6-8-11(10,3)4/h5,9-10H,1,6-8H2,2-4H3/t9-,10+/m1/s1. The molecule has 0 amide bonds. The lowest BCUT2D eigenvalue weighted by atomic mass is 9.64. The fourth-order valence-electron chi connectivity index (χ4n) is 2.55. The SMILES string of the molecule is C=C[C@H]1[C@H](C)CCCC1(C)C. The fraction of sp³-hybridized carbons (Fsp3) is 0.818. The minimum atomic E-state index is 0.499. The second-order valence-electron chi connectivity index (χ2n) is 4.62. The van der Waals surface area contributed by atoms with E-state index < -0.39 is 0 Å². The summed E-state index contributed by atoms with van der Waals surface area (Å²) >= 11 is 0. The van der Waals surface area contributed by atoms with Crippen LogP contribution in [0.1, 0.15) is 40.0 Å². The molecule has 0 unspecified atom stereocenters. The second kappa shape index (κ2) is 3.00. The molecule has 0 saturated heterocycles. The van der Waals surface area contributed by atoms with Crippen LogP contribution < -0.4 is 0 Å². The Kier molecular flexibility index (Phi) is 2.41. The van der Waals surface area contributed by atoms with Gasteiger partial charge in [0.1, 0.15) is 0 Å². The van der Waals surface area contributed by atoms with Crippen LogP contribution in [0.2, 0.25) is 0 Å². The van der Waals surface area contributed by atoms with Crippen molar-refractivity contribution in [1.29, 1.82) is 0 Å². The van der Waals surface area contributed by atoms with E-state index in [1.54, 1.807) is 0 Å². The van der Waals surface area contributed by atoms with E-state index in [1.165, 1.54) is 19.3 Å². The van der Waals surface area contributed by atoms with Crippen molar-refractivity contribution < 1.29 is 0 Å². The minimum Gasteiger partial charge on any atom is -0.103 e. The zero-order valence-corrected chi connectivity index (χ0v) is 8.06. The highest BCUT2D eigenvalue weighted by Crippen LogP contribution is 2.44. The van der Waals surface area contributed by atoms with Crippen LogP contribution in [-0.4, -0.2) is 0 Å². The Morgan fingerprint density at radius 3 is 2.45 bits per heavy atom. The number of allylic oxidation sites excluding steroid dienone is 1. The first kappa shape index (κ1) is 8.83. The third-order valence-corrected chi connectivity index (χ3v) is 3.25. The molecule has 1 fully saturated rings. The molecule has 1 aliphatic carbocycles. The molecule has 0 nitrogen and oxygen atoms in total. The normalized spacial score (nSPS) is 36.6. The van der Waals surface area contributed by atoms with E-state index in [0.29, 0.717) is 5.41 Å². The van der Waals surface area contributed by atoms with Gasteiger partial charge in [0.05, 0.1) is 0 Å². The van der Waals surface area contributed by atoms with Crippen molar-refractivity contribution in [3.05, 3.63) is 12.7 Å². The van der Waals surface area contributed by atoms with Gasteiger partial charge in [0.2, 0.25) is 0 Å². The van der Waals surface area contributed by atoms with Gasteiger partial charge in [-0.2, -0.15) is 0 Å². The van der Waals surface area contributed by atoms with Gasteiger partial charge in [0.15, 0.2) is 0 Å².